The molecule has 3 rings (SSSR count). The summed E-state index contributed by atoms with van der Waals surface area (Å²) in [5.41, 5.74) is 2.81. The number of imidazole rings is 1. The number of hydrogen-bond donors (Lipinski definition) is 0. The van der Waals surface area contributed by atoms with Crippen molar-refractivity contribution in [3.8, 4) is 0 Å². The van der Waals surface area contributed by atoms with Gasteiger partial charge in [0.25, 0.3) is 0 Å². The van der Waals surface area contributed by atoms with E-state index in [-0.39, 0.29) is 0 Å². The van der Waals surface area contributed by atoms with Gasteiger partial charge < -0.3 is 4.57 Å². The molecule has 0 unspecified atom stereocenters. The zero-order valence-corrected chi connectivity index (χ0v) is 7.92. The normalized spacial score (nSPS) is 21.5. The van der Waals surface area contributed by atoms with Crippen molar-refractivity contribution in [2.75, 3.05) is 0 Å². The quantitative estimate of drug-likeness (QED) is 0.672. The fraction of sp³-hybridized carbons (Fsp3) is 0.727. The zero-order valence-electron chi connectivity index (χ0n) is 7.92. The van der Waals surface area contributed by atoms with Crippen LogP contribution in [0.15, 0.2) is 0 Å². The lowest BCUT2D eigenvalue weighted by Crippen LogP contribution is -2.09. The van der Waals surface area contributed by atoms with Crippen LogP contribution in [-0.2, 0) is 19.4 Å². The van der Waals surface area contributed by atoms with E-state index in [9.17, 15) is 0 Å². The molecule has 0 saturated heterocycles. The Balaban J connectivity index is 1.86. The molecule has 2 nitrogen and oxygen atoms in total. The number of rotatable bonds is 2. The van der Waals surface area contributed by atoms with Crippen molar-refractivity contribution in [3.05, 3.63) is 17.7 Å². The van der Waals surface area contributed by atoms with Crippen molar-refractivity contribution in [2.24, 2.45) is 5.92 Å². The van der Waals surface area contributed by atoms with Crippen molar-refractivity contribution < 1.29 is 0 Å². The molecule has 0 spiro atoms. The lowest BCUT2D eigenvalue weighted by molar-refractivity contribution is 0.568. The van der Waals surface area contributed by atoms with Crippen LogP contribution in [0.2, 0.25) is 0 Å². The van der Waals surface area contributed by atoms with E-state index in [0.717, 1.165) is 5.92 Å². The smallest absolute Gasteiger partial charge is 0.176 e. The topological polar surface area (TPSA) is 17.8 Å². The fourth-order valence-corrected chi connectivity index (χ4v) is 2.18. The molecule has 1 heterocycles. The van der Waals surface area contributed by atoms with Crippen molar-refractivity contribution in [2.45, 2.75) is 45.1 Å². The van der Waals surface area contributed by atoms with Gasteiger partial charge in [0, 0.05) is 12.2 Å². The summed E-state index contributed by atoms with van der Waals surface area (Å²) in [7, 11) is 0. The Morgan fingerprint density at radius 2 is 2.15 bits per heavy atom. The highest BCUT2D eigenvalue weighted by atomic mass is 15.1. The maximum absolute atomic E-state index is 4.38. The first-order valence-corrected chi connectivity index (χ1v) is 5.39. The molecule has 1 aromatic rings. The lowest BCUT2D eigenvalue weighted by atomic mass is 10.0. The van der Waals surface area contributed by atoms with Crippen LogP contribution in [0.5, 0.6) is 0 Å². The second kappa shape index (κ2) is 2.86. The first kappa shape index (κ1) is 7.60. The van der Waals surface area contributed by atoms with Crippen LogP contribution in [0, 0.1) is 12.2 Å². The van der Waals surface area contributed by atoms with Gasteiger partial charge in [-0.3, -0.25) is 0 Å². The van der Waals surface area contributed by atoms with Gasteiger partial charge in [0.05, 0.1) is 5.69 Å². The van der Waals surface area contributed by atoms with E-state index in [4.69, 9.17) is 0 Å². The second-order valence-electron chi connectivity index (χ2n) is 4.37. The molecule has 0 aromatic carbocycles. The van der Waals surface area contributed by atoms with E-state index < -0.39 is 0 Å². The van der Waals surface area contributed by atoms with E-state index in [1.165, 1.54) is 56.5 Å². The van der Waals surface area contributed by atoms with Crippen LogP contribution >= 0.6 is 0 Å². The Morgan fingerprint density at radius 1 is 1.31 bits per heavy atom. The summed E-state index contributed by atoms with van der Waals surface area (Å²) in [6.45, 7) is 1.18. The van der Waals surface area contributed by atoms with Gasteiger partial charge in [-0.15, -0.1) is 0 Å². The Labute approximate surface area is 79.0 Å². The van der Waals surface area contributed by atoms with E-state index in [2.05, 4.69) is 15.9 Å². The minimum absolute atomic E-state index is 0.941. The van der Waals surface area contributed by atoms with E-state index in [1.54, 1.807) is 0 Å². The predicted octanol–water partition coefficient (Wildman–Crippen LogP) is 1.97. The fourth-order valence-electron chi connectivity index (χ4n) is 2.18. The molecule has 69 valence electrons. The Bertz CT molecular complexity index is 310. The third-order valence-corrected chi connectivity index (χ3v) is 3.18. The first-order valence-electron chi connectivity index (χ1n) is 5.39. The highest BCUT2D eigenvalue weighted by Gasteiger charge is 2.24. The van der Waals surface area contributed by atoms with Crippen LogP contribution in [0.25, 0.3) is 0 Å². The van der Waals surface area contributed by atoms with E-state index in [0.29, 0.717) is 0 Å². The van der Waals surface area contributed by atoms with Gasteiger partial charge in [-0.05, 0) is 44.4 Å². The Morgan fingerprint density at radius 3 is 3.00 bits per heavy atom. The van der Waals surface area contributed by atoms with Crippen LogP contribution in [0.3, 0.4) is 0 Å². The van der Waals surface area contributed by atoms with Crippen molar-refractivity contribution >= 4 is 0 Å². The molecule has 2 aliphatic carbocycles. The van der Waals surface area contributed by atoms with Gasteiger partial charge in [0.2, 0.25) is 0 Å². The van der Waals surface area contributed by atoms with Crippen LogP contribution in [0.4, 0.5) is 0 Å². The molecule has 2 aliphatic rings. The summed E-state index contributed by atoms with van der Waals surface area (Å²) in [5.74, 6) is 0.941. The monoisotopic (exact) mass is 175 g/mol. The molecule has 1 radical (unpaired) electrons. The number of nitrogens with zero attached hydrogens (tertiary/aromatic N) is 2. The van der Waals surface area contributed by atoms with Gasteiger partial charge >= 0.3 is 0 Å². The Hall–Kier alpha value is -0.790. The largest absolute Gasteiger partial charge is 0.325 e. The van der Waals surface area contributed by atoms with Crippen LogP contribution < -0.4 is 0 Å². The molecule has 0 atom stereocenters. The molecule has 1 saturated carbocycles. The highest BCUT2D eigenvalue weighted by molar-refractivity contribution is 5.16. The number of aromatic nitrogens is 2. The Kier molecular flexibility index (Phi) is 1.67. The molecular weight excluding hydrogens is 160 g/mol. The van der Waals surface area contributed by atoms with Crippen LogP contribution in [0.1, 0.15) is 37.1 Å². The standard InChI is InChI=1S/C11H15N2/c1-2-4-11-10(3-1)12-8-13(11)7-9-5-6-9/h9H,1-7H2. The minimum atomic E-state index is 0.941. The average Bonchev–Trinajstić information content (AvgIpc) is 2.88. The van der Waals surface area contributed by atoms with Crippen molar-refractivity contribution in [3.63, 3.8) is 0 Å². The average molecular weight is 175 g/mol. The summed E-state index contributed by atoms with van der Waals surface area (Å²) < 4.78 is 2.28. The maximum atomic E-state index is 4.38. The van der Waals surface area contributed by atoms with Crippen molar-refractivity contribution in [1.29, 1.82) is 0 Å². The molecule has 0 amide bonds. The molecule has 13 heavy (non-hydrogen) atoms. The second-order valence-corrected chi connectivity index (χ2v) is 4.37. The summed E-state index contributed by atoms with van der Waals surface area (Å²) in [5, 5.41) is 0. The SMILES string of the molecule is [c]1nc2c(n1CC1CC1)CCCC2. The van der Waals surface area contributed by atoms with Gasteiger partial charge in [-0.25, -0.2) is 4.98 Å². The third-order valence-electron chi connectivity index (χ3n) is 3.18. The van der Waals surface area contributed by atoms with E-state index >= 15 is 0 Å². The summed E-state index contributed by atoms with van der Waals surface area (Å²) in [6.07, 6.45) is 11.1. The maximum Gasteiger partial charge on any atom is 0.176 e. The predicted molar refractivity (Wildman–Crippen MR) is 50.4 cm³/mol. The molecule has 0 bridgehead atoms. The summed E-state index contributed by atoms with van der Waals surface area (Å²) in [4.78, 5) is 4.38. The van der Waals surface area contributed by atoms with Gasteiger partial charge in [-0.1, -0.05) is 0 Å². The molecular formula is C11H15N2. The van der Waals surface area contributed by atoms with Gasteiger partial charge in [0.1, 0.15) is 0 Å². The number of hydrogen-bond acceptors (Lipinski definition) is 1. The molecule has 0 aliphatic heterocycles. The highest BCUT2D eigenvalue weighted by Crippen LogP contribution is 2.32. The molecule has 0 N–H and O–H groups in total. The summed E-state index contributed by atoms with van der Waals surface area (Å²) >= 11 is 0. The number of fused-ring (bicyclic) bond motifs is 1. The first-order chi connectivity index (χ1) is 6.43. The third kappa shape index (κ3) is 1.38. The number of aryl methyl sites for hydroxylation is 1. The van der Waals surface area contributed by atoms with Gasteiger partial charge in [-0.2, -0.15) is 0 Å². The van der Waals surface area contributed by atoms with Crippen LogP contribution in [-0.4, -0.2) is 9.55 Å². The lowest BCUT2D eigenvalue weighted by Gasteiger charge is -2.13. The summed E-state index contributed by atoms with van der Waals surface area (Å²) in [6, 6.07) is 0. The van der Waals surface area contributed by atoms with E-state index in [1.807, 2.05) is 0 Å². The minimum Gasteiger partial charge on any atom is -0.325 e. The zero-order chi connectivity index (χ0) is 8.67. The molecule has 1 aromatic heterocycles. The molecule has 1 fully saturated rings. The molecule has 2 heteroatoms. The van der Waals surface area contributed by atoms with Crippen molar-refractivity contribution in [1.82, 2.24) is 9.55 Å². The van der Waals surface area contributed by atoms with Gasteiger partial charge in [0.15, 0.2) is 6.33 Å².